The van der Waals surface area contributed by atoms with E-state index in [1.165, 1.54) is 13.3 Å². The topological polar surface area (TPSA) is 141 Å². The summed E-state index contributed by atoms with van der Waals surface area (Å²) in [7, 11) is 1.53. The fourth-order valence-electron chi connectivity index (χ4n) is 3.13. The van der Waals surface area contributed by atoms with Crippen LogP contribution in [0, 0.1) is 27.2 Å². The number of benzene rings is 3. The molecule has 0 aliphatic carbocycles. The van der Waals surface area contributed by atoms with Crippen molar-refractivity contribution in [1.82, 2.24) is 4.98 Å². The van der Waals surface area contributed by atoms with Crippen LogP contribution in [-0.4, -0.2) is 34.1 Å². The Morgan fingerprint density at radius 1 is 1.03 bits per heavy atom. The zero-order chi connectivity index (χ0) is 25.1. The van der Waals surface area contributed by atoms with E-state index in [-0.39, 0.29) is 10.7 Å². The Hall–Kier alpha value is -4.71. The summed E-state index contributed by atoms with van der Waals surface area (Å²) in [6.45, 7) is 1.93. The van der Waals surface area contributed by atoms with Gasteiger partial charge >= 0.3 is 0 Å². The maximum absolute atomic E-state index is 13.5. The average Bonchev–Trinajstić information content (AvgIpc) is 3.27. The molecule has 3 aromatic carbocycles. The second kappa shape index (κ2) is 9.65. The predicted molar refractivity (Wildman–Crippen MR) is 132 cm³/mol. The van der Waals surface area contributed by atoms with Gasteiger partial charge in [-0.25, -0.2) is 4.98 Å². The smallest absolute Gasteiger partial charge is 0.281 e. The second-order valence-electron chi connectivity index (χ2n) is 7.35. The van der Waals surface area contributed by atoms with Crippen LogP contribution in [0.5, 0.6) is 5.75 Å². The number of ether oxygens (including phenoxy) is 1. The number of aromatic nitrogens is 1. The van der Waals surface area contributed by atoms with E-state index in [0.717, 1.165) is 40.1 Å². The molecule has 1 aromatic heterocycles. The molecule has 35 heavy (non-hydrogen) atoms. The van der Waals surface area contributed by atoms with Gasteiger partial charge < -0.3 is 4.74 Å². The molecule has 0 unspecified atom stereocenters. The van der Waals surface area contributed by atoms with Gasteiger partial charge in [0.15, 0.2) is 0 Å². The van der Waals surface area contributed by atoms with Crippen LogP contribution >= 0.6 is 11.3 Å². The summed E-state index contributed by atoms with van der Waals surface area (Å²) in [5.74, 6) is -0.214. The van der Waals surface area contributed by atoms with Crippen LogP contribution in [0.3, 0.4) is 0 Å². The molecule has 0 saturated carbocycles. The van der Waals surface area contributed by atoms with Crippen LogP contribution in [0.2, 0.25) is 0 Å². The fraction of sp³-hybridized carbons (Fsp3) is 0.0870. The molecule has 176 valence electrons. The highest BCUT2D eigenvalue weighted by molar-refractivity contribution is 7.22. The first-order valence-corrected chi connectivity index (χ1v) is 10.9. The number of nitro benzene ring substituents is 2. The molecule has 0 spiro atoms. The lowest BCUT2D eigenvalue weighted by Crippen LogP contribution is -2.25. The van der Waals surface area contributed by atoms with Crippen LogP contribution in [0.4, 0.5) is 16.5 Å². The van der Waals surface area contributed by atoms with Crippen molar-refractivity contribution in [3.8, 4) is 5.75 Å². The van der Waals surface area contributed by atoms with E-state index < -0.39 is 27.1 Å². The first-order valence-electron chi connectivity index (χ1n) is 10.1. The number of non-ortho nitro benzene ring substituents is 2. The third-order valence-corrected chi connectivity index (χ3v) is 5.92. The number of aryl methyl sites for hydroxylation is 1. The minimum atomic E-state index is -0.814. The number of hydrazone groups is 1. The lowest BCUT2D eigenvalue weighted by molar-refractivity contribution is -0.394. The standard InChI is InChI=1S/C23H17N5O6S/c1-14-3-5-15(6-4-14)13-24-26(23-25-20-8-7-19(34-2)12-21(20)35-23)22(29)16-9-17(27(30)31)11-18(10-16)28(32)33/h3-13H,1-2H3/b24-13+. The Balaban J connectivity index is 1.82. The van der Waals surface area contributed by atoms with Gasteiger partial charge in [-0.1, -0.05) is 41.2 Å². The monoisotopic (exact) mass is 491 g/mol. The van der Waals surface area contributed by atoms with Crippen molar-refractivity contribution < 1.29 is 19.4 Å². The van der Waals surface area contributed by atoms with Gasteiger partial charge in [-0.15, -0.1) is 0 Å². The third-order valence-electron chi connectivity index (χ3n) is 4.93. The SMILES string of the molecule is COc1ccc2nc(N(/N=C/c3ccc(C)cc3)C(=O)c3cc([N+](=O)[O-])cc([N+](=O)[O-])c3)sc2c1. The molecule has 0 aliphatic rings. The first kappa shape index (κ1) is 23.4. The van der Waals surface area contributed by atoms with E-state index in [2.05, 4.69) is 10.1 Å². The van der Waals surface area contributed by atoms with Gasteiger partial charge in [0.25, 0.3) is 17.3 Å². The Morgan fingerprint density at radius 2 is 1.69 bits per heavy atom. The molecule has 4 rings (SSSR count). The number of carbonyl (C=O) groups excluding carboxylic acids is 1. The molecule has 0 bridgehead atoms. The van der Waals surface area contributed by atoms with Crippen molar-refractivity contribution in [2.24, 2.45) is 5.10 Å². The summed E-state index contributed by atoms with van der Waals surface area (Å²) < 4.78 is 5.95. The van der Waals surface area contributed by atoms with Crippen LogP contribution in [0.15, 0.2) is 65.8 Å². The summed E-state index contributed by atoms with van der Waals surface area (Å²) in [6, 6.07) is 15.3. The number of hydrogen-bond donors (Lipinski definition) is 0. The Labute approximate surface area is 202 Å². The highest BCUT2D eigenvalue weighted by Crippen LogP contribution is 2.33. The fourth-order valence-corrected chi connectivity index (χ4v) is 4.08. The second-order valence-corrected chi connectivity index (χ2v) is 8.36. The van der Waals surface area contributed by atoms with Crippen LogP contribution in [-0.2, 0) is 0 Å². The van der Waals surface area contributed by atoms with Crippen LogP contribution in [0.25, 0.3) is 10.2 Å². The molecule has 0 radical (unpaired) electrons. The Kier molecular flexibility index (Phi) is 6.46. The number of hydrogen-bond acceptors (Lipinski definition) is 9. The van der Waals surface area contributed by atoms with Gasteiger partial charge in [0.2, 0.25) is 5.13 Å². The van der Waals surface area contributed by atoms with Crippen molar-refractivity contribution >= 4 is 50.2 Å². The number of carbonyl (C=O) groups is 1. The summed E-state index contributed by atoms with van der Waals surface area (Å²) in [6.07, 6.45) is 1.44. The van der Waals surface area contributed by atoms with Gasteiger partial charge in [-0.3, -0.25) is 25.0 Å². The van der Waals surface area contributed by atoms with Crippen molar-refractivity contribution in [2.75, 3.05) is 12.1 Å². The highest BCUT2D eigenvalue weighted by atomic mass is 32.1. The van der Waals surface area contributed by atoms with Crippen molar-refractivity contribution in [1.29, 1.82) is 0 Å². The molecule has 4 aromatic rings. The summed E-state index contributed by atoms with van der Waals surface area (Å²) in [5, 5.41) is 28.1. The maximum atomic E-state index is 13.5. The molecule has 11 nitrogen and oxygen atoms in total. The molecule has 0 fully saturated rings. The Bertz CT molecular complexity index is 1450. The number of methoxy groups -OCH3 is 1. The summed E-state index contributed by atoms with van der Waals surface area (Å²) in [4.78, 5) is 39.0. The van der Waals surface area contributed by atoms with Crippen molar-refractivity contribution in [2.45, 2.75) is 6.92 Å². The number of anilines is 1. The lowest BCUT2D eigenvalue weighted by atomic mass is 10.1. The minimum absolute atomic E-state index is 0.177. The molecule has 1 amide bonds. The van der Waals surface area contributed by atoms with Crippen molar-refractivity contribution in [3.05, 3.63) is 97.6 Å². The van der Waals surface area contributed by atoms with Gasteiger partial charge in [-0.05, 0) is 30.7 Å². The van der Waals surface area contributed by atoms with E-state index in [1.54, 1.807) is 18.2 Å². The molecule has 0 atom stereocenters. The molecule has 1 heterocycles. The quantitative estimate of drug-likeness (QED) is 0.199. The largest absolute Gasteiger partial charge is 0.497 e. The number of nitro groups is 2. The minimum Gasteiger partial charge on any atom is -0.497 e. The number of amides is 1. The first-order chi connectivity index (χ1) is 16.7. The molecule has 0 saturated heterocycles. The van der Waals surface area contributed by atoms with Gasteiger partial charge in [-0.2, -0.15) is 10.1 Å². The molecule has 0 aliphatic heterocycles. The zero-order valence-electron chi connectivity index (χ0n) is 18.4. The van der Waals surface area contributed by atoms with Crippen LogP contribution < -0.4 is 9.75 Å². The maximum Gasteiger partial charge on any atom is 0.281 e. The lowest BCUT2D eigenvalue weighted by Gasteiger charge is -2.13. The van der Waals surface area contributed by atoms with Crippen LogP contribution in [0.1, 0.15) is 21.5 Å². The third kappa shape index (κ3) is 5.12. The summed E-state index contributed by atoms with van der Waals surface area (Å²) in [5.41, 5.74) is 0.876. The predicted octanol–water partition coefficient (Wildman–Crippen LogP) is 5.11. The molecule has 12 heteroatoms. The Morgan fingerprint density at radius 3 is 2.29 bits per heavy atom. The van der Waals surface area contributed by atoms with E-state index in [0.29, 0.717) is 21.5 Å². The number of nitrogens with zero attached hydrogens (tertiary/aromatic N) is 5. The van der Waals surface area contributed by atoms with E-state index in [9.17, 15) is 25.0 Å². The normalized spacial score (nSPS) is 11.0. The van der Waals surface area contributed by atoms with Gasteiger partial charge in [0.05, 0.1) is 45.0 Å². The van der Waals surface area contributed by atoms with Gasteiger partial charge in [0, 0.05) is 12.1 Å². The molecule has 0 N–H and O–H groups in total. The van der Waals surface area contributed by atoms with E-state index >= 15 is 0 Å². The number of rotatable bonds is 7. The molecular formula is C23H17N5O6S. The van der Waals surface area contributed by atoms with E-state index in [4.69, 9.17) is 4.74 Å². The molecular weight excluding hydrogens is 474 g/mol. The summed E-state index contributed by atoms with van der Waals surface area (Å²) >= 11 is 1.15. The number of thiazole rings is 1. The van der Waals surface area contributed by atoms with Crippen molar-refractivity contribution in [3.63, 3.8) is 0 Å². The average molecular weight is 491 g/mol. The van der Waals surface area contributed by atoms with Gasteiger partial charge in [0.1, 0.15) is 5.75 Å². The van der Waals surface area contributed by atoms with E-state index in [1.807, 2.05) is 31.2 Å². The number of fused-ring (bicyclic) bond motifs is 1. The highest BCUT2D eigenvalue weighted by Gasteiger charge is 2.26. The zero-order valence-corrected chi connectivity index (χ0v) is 19.3.